The maximum absolute atomic E-state index is 12.0. The predicted molar refractivity (Wildman–Crippen MR) is 94.2 cm³/mol. The first-order chi connectivity index (χ1) is 10.9. The summed E-state index contributed by atoms with van der Waals surface area (Å²) in [4.78, 5) is 18.4. The van der Waals surface area contributed by atoms with Crippen LogP contribution >= 0.6 is 11.3 Å². The van der Waals surface area contributed by atoms with E-state index in [1.807, 2.05) is 42.6 Å². The number of nitrogens with one attached hydrogen (secondary N) is 1. The van der Waals surface area contributed by atoms with E-state index in [9.17, 15) is 4.79 Å². The van der Waals surface area contributed by atoms with Crippen molar-refractivity contribution in [1.82, 2.24) is 9.88 Å². The molecule has 0 spiro atoms. The van der Waals surface area contributed by atoms with Gasteiger partial charge in [-0.05, 0) is 37.7 Å². The zero-order valence-corrected chi connectivity index (χ0v) is 14.8. The van der Waals surface area contributed by atoms with Gasteiger partial charge in [-0.3, -0.25) is 10.1 Å². The lowest BCUT2D eigenvalue weighted by molar-refractivity contribution is -0.118. The molecule has 0 saturated carbocycles. The van der Waals surface area contributed by atoms with Crippen LogP contribution in [0.5, 0.6) is 5.75 Å². The Morgan fingerprint density at radius 2 is 2.17 bits per heavy atom. The van der Waals surface area contributed by atoms with Gasteiger partial charge in [0.25, 0.3) is 5.91 Å². The van der Waals surface area contributed by atoms with Crippen LogP contribution < -0.4 is 10.1 Å². The van der Waals surface area contributed by atoms with Crippen molar-refractivity contribution >= 4 is 22.4 Å². The summed E-state index contributed by atoms with van der Waals surface area (Å²) in [7, 11) is 3.97. The summed E-state index contributed by atoms with van der Waals surface area (Å²) in [5.41, 5.74) is 2.14. The van der Waals surface area contributed by atoms with Crippen LogP contribution in [0.15, 0.2) is 29.6 Å². The molecule has 0 radical (unpaired) electrons. The summed E-state index contributed by atoms with van der Waals surface area (Å²) in [6.07, 6.45) is 0. The van der Waals surface area contributed by atoms with Gasteiger partial charge in [-0.25, -0.2) is 4.98 Å². The van der Waals surface area contributed by atoms with E-state index in [1.54, 1.807) is 0 Å². The molecule has 5 nitrogen and oxygen atoms in total. The molecule has 0 aliphatic heterocycles. The van der Waals surface area contributed by atoms with Crippen molar-refractivity contribution in [3.8, 4) is 5.75 Å². The molecule has 0 fully saturated rings. The van der Waals surface area contributed by atoms with Gasteiger partial charge in [0.05, 0.1) is 5.69 Å². The van der Waals surface area contributed by atoms with E-state index in [-0.39, 0.29) is 12.5 Å². The third-order valence-electron chi connectivity index (χ3n) is 3.17. The molecule has 1 heterocycles. The molecule has 2 aromatic rings. The fraction of sp³-hybridized carbons (Fsp3) is 0.412. The molecule has 23 heavy (non-hydrogen) atoms. The number of hydrogen-bond donors (Lipinski definition) is 1. The maximum Gasteiger partial charge on any atom is 0.264 e. The second kappa shape index (κ2) is 8.08. The normalized spacial score (nSPS) is 11.0. The highest BCUT2D eigenvalue weighted by Gasteiger charge is 2.09. The third-order valence-corrected chi connectivity index (χ3v) is 3.98. The molecule has 6 heteroatoms. The summed E-state index contributed by atoms with van der Waals surface area (Å²) in [6, 6.07) is 7.82. The highest BCUT2D eigenvalue weighted by atomic mass is 32.1. The molecule has 1 aromatic heterocycles. The summed E-state index contributed by atoms with van der Waals surface area (Å²) >= 11 is 1.42. The Labute approximate surface area is 141 Å². The van der Waals surface area contributed by atoms with Crippen LogP contribution in [-0.2, 0) is 11.3 Å². The van der Waals surface area contributed by atoms with Crippen LogP contribution in [0.2, 0.25) is 0 Å². The lowest BCUT2D eigenvalue weighted by Gasteiger charge is -2.09. The van der Waals surface area contributed by atoms with Crippen LogP contribution in [-0.4, -0.2) is 36.5 Å². The monoisotopic (exact) mass is 333 g/mol. The van der Waals surface area contributed by atoms with Crippen molar-refractivity contribution in [3.05, 3.63) is 40.9 Å². The highest BCUT2D eigenvalue weighted by molar-refractivity contribution is 7.13. The molecule has 2 rings (SSSR count). The number of anilines is 1. The van der Waals surface area contributed by atoms with E-state index in [4.69, 9.17) is 4.74 Å². The molecule has 0 atom stereocenters. The second-order valence-corrected chi connectivity index (χ2v) is 6.80. The standard InChI is InChI=1S/C17H23N3O2S/c1-12(2)13-6-5-7-15(8-13)22-10-16(21)19-17-18-14(11-23-17)9-20(3)4/h5-8,11-12H,9-10H2,1-4H3,(H,18,19,21). The molecular formula is C17H23N3O2S. The Hall–Kier alpha value is -1.92. The molecule has 1 N–H and O–H groups in total. The molecule has 0 unspecified atom stereocenters. The number of hydrogen-bond acceptors (Lipinski definition) is 5. The first-order valence-electron chi connectivity index (χ1n) is 7.56. The van der Waals surface area contributed by atoms with Crippen molar-refractivity contribution in [2.24, 2.45) is 0 Å². The minimum absolute atomic E-state index is 0.0237. The van der Waals surface area contributed by atoms with Crippen LogP contribution in [0.3, 0.4) is 0 Å². The quantitative estimate of drug-likeness (QED) is 0.844. The fourth-order valence-corrected chi connectivity index (χ4v) is 2.75. The number of carbonyl (C=O) groups excluding carboxylic acids is 1. The second-order valence-electron chi connectivity index (χ2n) is 5.95. The van der Waals surface area contributed by atoms with E-state index in [1.165, 1.54) is 16.9 Å². The summed E-state index contributed by atoms with van der Waals surface area (Å²) in [5, 5.41) is 5.32. The van der Waals surface area contributed by atoms with Crippen molar-refractivity contribution in [2.75, 3.05) is 26.0 Å². The highest BCUT2D eigenvalue weighted by Crippen LogP contribution is 2.20. The Morgan fingerprint density at radius 3 is 2.87 bits per heavy atom. The fourth-order valence-electron chi connectivity index (χ4n) is 2.03. The van der Waals surface area contributed by atoms with Gasteiger partial charge in [0.15, 0.2) is 11.7 Å². The van der Waals surface area contributed by atoms with Crippen molar-refractivity contribution < 1.29 is 9.53 Å². The summed E-state index contributed by atoms with van der Waals surface area (Å²) in [6.45, 7) is 4.98. The average molecular weight is 333 g/mol. The van der Waals surface area contributed by atoms with E-state index in [0.717, 1.165) is 12.2 Å². The molecular weight excluding hydrogens is 310 g/mol. The van der Waals surface area contributed by atoms with Gasteiger partial charge in [0.1, 0.15) is 5.75 Å². The predicted octanol–water partition coefficient (Wildman–Crippen LogP) is 3.35. The van der Waals surface area contributed by atoms with Gasteiger partial charge in [0.2, 0.25) is 0 Å². The minimum atomic E-state index is -0.203. The van der Waals surface area contributed by atoms with Crippen molar-refractivity contribution in [3.63, 3.8) is 0 Å². The van der Waals surface area contributed by atoms with Gasteiger partial charge in [0, 0.05) is 11.9 Å². The van der Waals surface area contributed by atoms with E-state index < -0.39 is 0 Å². The van der Waals surface area contributed by atoms with Crippen LogP contribution in [0, 0.1) is 0 Å². The Balaban J connectivity index is 1.85. The number of thiazole rings is 1. The molecule has 0 saturated heterocycles. The first-order valence-corrected chi connectivity index (χ1v) is 8.43. The number of rotatable bonds is 7. The Morgan fingerprint density at radius 1 is 1.39 bits per heavy atom. The van der Waals surface area contributed by atoms with E-state index >= 15 is 0 Å². The number of benzene rings is 1. The lowest BCUT2D eigenvalue weighted by Crippen LogP contribution is -2.20. The Kier molecular flexibility index (Phi) is 6.12. The topological polar surface area (TPSA) is 54.5 Å². The van der Waals surface area contributed by atoms with Gasteiger partial charge in [-0.15, -0.1) is 11.3 Å². The SMILES string of the molecule is CC(C)c1cccc(OCC(=O)Nc2nc(CN(C)C)cs2)c1. The molecule has 1 amide bonds. The smallest absolute Gasteiger partial charge is 0.264 e. The molecule has 124 valence electrons. The zero-order chi connectivity index (χ0) is 16.8. The molecule has 0 aliphatic carbocycles. The van der Waals surface area contributed by atoms with Gasteiger partial charge in [-0.1, -0.05) is 26.0 Å². The first kappa shape index (κ1) is 17.4. The Bertz CT molecular complexity index is 653. The maximum atomic E-state index is 12.0. The van der Waals surface area contributed by atoms with E-state index in [0.29, 0.717) is 16.8 Å². The van der Waals surface area contributed by atoms with Crippen LogP contribution in [0.1, 0.15) is 31.0 Å². The minimum Gasteiger partial charge on any atom is -0.484 e. The molecule has 0 aliphatic rings. The largest absolute Gasteiger partial charge is 0.484 e. The van der Waals surface area contributed by atoms with Crippen molar-refractivity contribution in [2.45, 2.75) is 26.3 Å². The summed E-state index contributed by atoms with van der Waals surface area (Å²) < 4.78 is 5.56. The van der Waals surface area contributed by atoms with Crippen LogP contribution in [0.25, 0.3) is 0 Å². The number of amides is 1. The molecule has 0 bridgehead atoms. The zero-order valence-electron chi connectivity index (χ0n) is 14.0. The summed E-state index contributed by atoms with van der Waals surface area (Å²) in [5.74, 6) is 0.933. The van der Waals surface area contributed by atoms with Crippen LogP contribution in [0.4, 0.5) is 5.13 Å². The average Bonchev–Trinajstić information content (AvgIpc) is 2.91. The number of carbonyl (C=O) groups is 1. The molecule has 1 aromatic carbocycles. The van der Waals surface area contributed by atoms with Gasteiger partial charge in [-0.2, -0.15) is 0 Å². The number of nitrogens with zero attached hydrogens (tertiary/aromatic N) is 2. The lowest BCUT2D eigenvalue weighted by atomic mass is 10.0. The van der Waals surface area contributed by atoms with Crippen molar-refractivity contribution in [1.29, 1.82) is 0 Å². The number of aromatic nitrogens is 1. The third kappa shape index (κ3) is 5.65. The van der Waals surface area contributed by atoms with E-state index in [2.05, 4.69) is 30.2 Å². The number of ether oxygens (including phenoxy) is 1. The van der Waals surface area contributed by atoms with Gasteiger partial charge < -0.3 is 9.64 Å². The van der Waals surface area contributed by atoms with Gasteiger partial charge >= 0.3 is 0 Å².